The van der Waals surface area contributed by atoms with E-state index in [1.807, 2.05) is 0 Å². The van der Waals surface area contributed by atoms with Gasteiger partial charge in [-0.15, -0.1) is 0 Å². The van der Waals surface area contributed by atoms with E-state index < -0.39 is 37.0 Å². The van der Waals surface area contributed by atoms with Crippen LogP contribution in [0.3, 0.4) is 0 Å². The molecule has 0 rings (SSSR count). The second-order valence-electron chi connectivity index (χ2n) is 3.45. The van der Waals surface area contributed by atoms with Crippen LogP contribution in [0.2, 0.25) is 0 Å². The van der Waals surface area contributed by atoms with E-state index in [-0.39, 0.29) is 26.4 Å². The van der Waals surface area contributed by atoms with E-state index >= 15 is 0 Å². The predicted octanol–water partition coefficient (Wildman–Crippen LogP) is 2.64. The molecule has 2 unspecified atom stereocenters. The minimum absolute atomic E-state index is 0. The van der Waals surface area contributed by atoms with Crippen molar-refractivity contribution in [1.29, 1.82) is 0 Å². The third kappa shape index (κ3) is 8.98. The standard InChI is InChI=1S/C7H6F10O3.CH4O.Rh/c1-4(10,11)2(8)19-6(14,15)7(16,17)20-3(9)5(12,13)18;1-2;/h2-3,18H,1H3;2H,1H3;. The largest absolute Gasteiger partial charge is 0.451 e. The summed E-state index contributed by atoms with van der Waals surface area (Å²) in [6, 6.07) is 0. The van der Waals surface area contributed by atoms with Gasteiger partial charge >= 0.3 is 18.3 Å². The molecule has 145 valence electrons. The Kier molecular flexibility index (Phi) is 11.2. The molecule has 0 aromatic rings. The van der Waals surface area contributed by atoms with Crippen molar-refractivity contribution in [2.45, 2.75) is 43.9 Å². The Hall–Kier alpha value is -0.237. The van der Waals surface area contributed by atoms with Gasteiger partial charge in [0.25, 0.3) is 18.6 Å². The van der Waals surface area contributed by atoms with Gasteiger partial charge in [0.05, 0.1) is 0 Å². The summed E-state index contributed by atoms with van der Waals surface area (Å²) in [6.45, 7) is -0.313. The molecule has 0 aromatic heterocycles. The van der Waals surface area contributed by atoms with Gasteiger partial charge in [0.2, 0.25) is 0 Å². The molecule has 0 fully saturated rings. The summed E-state index contributed by atoms with van der Waals surface area (Å²) in [6.07, 6.45) is -27.0. The molecule has 0 spiro atoms. The molecule has 0 saturated carbocycles. The van der Waals surface area contributed by atoms with Crippen LogP contribution in [0.25, 0.3) is 0 Å². The van der Waals surface area contributed by atoms with Crippen LogP contribution in [-0.4, -0.2) is 54.3 Å². The summed E-state index contributed by atoms with van der Waals surface area (Å²) in [5, 5.41) is 14.6. The summed E-state index contributed by atoms with van der Waals surface area (Å²) in [4.78, 5) is 0. The number of rotatable bonds is 7. The molecule has 0 saturated heterocycles. The summed E-state index contributed by atoms with van der Waals surface area (Å²) < 4.78 is 127. The van der Waals surface area contributed by atoms with Crippen molar-refractivity contribution in [3.05, 3.63) is 0 Å². The number of aliphatic hydroxyl groups excluding tert-OH is 1. The zero-order valence-corrected chi connectivity index (χ0v) is 12.6. The van der Waals surface area contributed by atoms with E-state index in [4.69, 9.17) is 10.2 Å². The summed E-state index contributed by atoms with van der Waals surface area (Å²) in [5.74, 6) is -4.64. The molecule has 0 amide bonds. The first-order valence-corrected chi connectivity index (χ1v) is 4.83. The third-order valence-corrected chi connectivity index (χ3v) is 1.51. The van der Waals surface area contributed by atoms with Crippen molar-refractivity contribution in [2.75, 3.05) is 7.11 Å². The maximum atomic E-state index is 12.6. The predicted molar refractivity (Wildman–Crippen MR) is 47.8 cm³/mol. The fourth-order valence-electron chi connectivity index (χ4n) is 0.571. The van der Waals surface area contributed by atoms with E-state index in [0.29, 0.717) is 0 Å². The molecular formula is C8H10F10O4Rh. The first kappa shape index (κ1) is 27.6. The van der Waals surface area contributed by atoms with E-state index in [9.17, 15) is 43.9 Å². The van der Waals surface area contributed by atoms with Gasteiger partial charge in [-0.05, 0) is 0 Å². The Labute approximate surface area is 135 Å². The van der Waals surface area contributed by atoms with Gasteiger partial charge in [0, 0.05) is 33.5 Å². The molecule has 1 radical (unpaired) electrons. The zero-order valence-electron chi connectivity index (χ0n) is 11.0. The van der Waals surface area contributed by atoms with Crippen LogP contribution in [0.15, 0.2) is 0 Å². The SMILES string of the molecule is CC(F)(F)C(F)OC(F)(F)C(F)(F)OC(F)C(O)(F)F.CO.[Rh]. The Morgan fingerprint density at radius 1 is 0.739 bits per heavy atom. The van der Waals surface area contributed by atoms with Crippen LogP contribution < -0.4 is 0 Å². The van der Waals surface area contributed by atoms with Crippen LogP contribution in [-0.2, 0) is 29.0 Å². The van der Waals surface area contributed by atoms with E-state index in [1.54, 1.807) is 0 Å². The maximum Gasteiger partial charge on any atom is 0.451 e. The van der Waals surface area contributed by atoms with E-state index in [2.05, 4.69) is 9.47 Å². The first-order chi connectivity index (χ1) is 9.51. The van der Waals surface area contributed by atoms with Gasteiger partial charge in [0.1, 0.15) is 0 Å². The minimum atomic E-state index is -6.27. The van der Waals surface area contributed by atoms with Gasteiger partial charge in [-0.3, -0.25) is 9.47 Å². The molecule has 0 heterocycles. The molecule has 15 heteroatoms. The Bertz CT molecular complexity index is 300. The second-order valence-corrected chi connectivity index (χ2v) is 3.45. The fourth-order valence-corrected chi connectivity index (χ4v) is 0.571. The molecule has 4 nitrogen and oxygen atoms in total. The molecule has 23 heavy (non-hydrogen) atoms. The van der Waals surface area contributed by atoms with Gasteiger partial charge in [-0.1, -0.05) is 0 Å². The topological polar surface area (TPSA) is 58.9 Å². The number of halogens is 10. The molecule has 0 aromatic carbocycles. The molecule has 2 atom stereocenters. The van der Waals surface area contributed by atoms with Crippen molar-refractivity contribution in [3.63, 3.8) is 0 Å². The number of hydrogen-bond acceptors (Lipinski definition) is 4. The second kappa shape index (κ2) is 9.30. The molecule has 0 aliphatic heterocycles. The smallest absolute Gasteiger partial charge is 0.400 e. The summed E-state index contributed by atoms with van der Waals surface area (Å²) in [7, 11) is 1.00. The zero-order chi connectivity index (χ0) is 18.6. The average Bonchev–Trinajstić information content (AvgIpc) is 2.27. The van der Waals surface area contributed by atoms with Crippen LogP contribution in [0.5, 0.6) is 0 Å². The fraction of sp³-hybridized carbons (Fsp3) is 1.00. The number of aliphatic hydroxyl groups is 2. The normalized spacial score (nSPS) is 15.9. The Morgan fingerprint density at radius 3 is 1.22 bits per heavy atom. The molecule has 0 aliphatic rings. The monoisotopic (exact) mass is 463 g/mol. The van der Waals surface area contributed by atoms with Gasteiger partial charge < -0.3 is 10.2 Å². The molecular weight excluding hydrogens is 453 g/mol. The number of ether oxygens (including phenoxy) is 2. The van der Waals surface area contributed by atoms with Crippen molar-refractivity contribution >= 4 is 0 Å². The first-order valence-electron chi connectivity index (χ1n) is 4.83. The van der Waals surface area contributed by atoms with Crippen LogP contribution in [0, 0.1) is 0 Å². The van der Waals surface area contributed by atoms with E-state index in [1.165, 1.54) is 0 Å². The number of alkyl halides is 10. The summed E-state index contributed by atoms with van der Waals surface area (Å²) in [5.41, 5.74) is 0. The van der Waals surface area contributed by atoms with Gasteiger partial charge in [-0.25, -0.2) is 17.6 Å². The minimum Gasteiger partial charge on any atom is -0.400 e. The summed E-state index contributed by atoms with van der Waals surface area (Å²) >= 11 is 0. The van der Waals surface area contributed by atoms with Crippen molar-refractivity contribution in [2.24, 2.45) is 0 Å². The van der Waals surface area contributed by atoms with Crippen molar-refractivity contribution in [3.8, 4) is 0 Å². The average molecular weight is 463 g/mol. The van der Waals surface area contributed by atoms with Crippen LogP contribution in [0.4, 0.5) is 43.9 Å². The van der Waals surface area contributed by atoms with Crippen LogP contribution in [0.1, 0.15) is 6.92 Å². The molecule has 2 N–H and O–H groups in total. The van der Waals surface area contributed by atoms with Crippen molar-refractivity contribution < 1.29 is 83.1 Å². The maximum absolute atomic E-state index is 12.6. The number of hydrogen-bond donors (Lipinski definition) is 2. The Morgan fingerprint density at radius 2 is 1.00 bits per heavy atom. The molecule has 0 aliphatic carbocycles. The van der Waals surface area contributed by atoms with Gasteiger partial charge in [0.15, 0.2) is 0 Å². The molecule has 0 bridgehead atoms. The van der Waals surface area contributed by atoms with Crippen molar-refractivity contribution in [1.82, 2.24) is 0 Å². The van der Waals surface area contributed by atoms with E-state index in [0.717, 1.165) is 7.11 Å². The van der Waals surface area contributed by atoms with Gasteiger partial charge in [-0.2, -0.15) is 26.3 Å². The Balaban J connectivity index is -0.00000128. The quantitative estimate of drug-likeness (QED) is 0.451. The van der Waals surface area contributed by atoms with Crippen LogP contribution >= 0.6 is 0 Å². The third-order valence-electron chi connectivity index (χ3n) is 1.51.